The molecule has 0 bridgehead atoms. The minimum absolute atomic E-state index is 0.106. The molecule has 1 aromatic rings. The summed E-state index contributed by atoms with van der Waals surface area (Å²) in [6.07, 6.45) is 3.19. The number of nitrogens with one attached hydrogen (secondary N) is 1. The predicted molar refractivity (Wildman–Crippen MR) is 56.8 cm³/mol. The van der Waals surface area contributed by atoms with Crippen LogP contribution in [0.25, 0.3) is 0 Å². The zero-order chi connectivity index (χ0) is 9.97. The number of nitrogens with two attached hydrogens (primary N) is 1. The number of carbonyl (C=O) groups excluding carboxylic acids is 1. The lowest BCUT2D eigenvalue weighted by Gasteiger charge is -2.24. The number of para-hydroxylation sites is 2. The van der Waals surface area contributed by atoms with E-state index in [-0.39, 0.29) is 11.8 Å². The summed E-state index contributed by atoms with van der Waals surface area (Å²) in [4.78, 5) is 11.6. The Balaban J connectivity index is 2.03. The third-order valence-electron chi connectivity index (χ3n) is 2.69. The van der Waals surface area contributed by atoms with Crippen LogP contribution in [0.3, 0.4) is 0 Å². The molecule has 0 spiro atoms. The normalized spacial score (nSPS) is 16.0. The predicted octanol–water partition coefficient (Wildman–Crippen LogP) is 2.01. The topological polar surface area (TPSA) is 55.1 Å². The Labute approximate surface area is 83.3 Å². The third kappa shape index (κ3) is 1.71. The Morgan fingerprint density at radius 2 is 2.07 bits per heavy atom. The van der Waals surface area contributed by atoms with Gasteiger partial charge in [-0.1, -0.05) is 18.6 Å². The van der Waals surface area contributed by atoms with E-state index in [4.69, 9.17) is 5.73 Å². The molecule has 0 unspecified atom stereocenters. The highest BCUT2D eigenvalue weighted by molar-refractivity contribution is 5.95. The molecule has 74 valence electrons. The minimum Gasteiger partial charge on any atom is -0.397 e. The lowest BCUT2D eigenvalue weighted by Crippen LogP contribution is -2.28. The van der Waals surface area contributed by atoms with Crippen LogP contribution in [0.4, 0.5) is 11.4 Å². The first-order chi connectivity index (χ1) is 6.77. The summed E-state index contributed by atoms with van der Waals surface area (Å²) >= 11 is 0. The first-order valence-corrected chi connectivity index (χ1v) is 4.93. The Hall–Kier alpha value is -1.51. The molecule has 0 saturated heterocycles. The zero-order valence-electron chi connectivity index (χ0n) is 7.99. The Bertz CT molecular complexity index is 345. The molecule has 2 rings (SSSR count). The van der Waals surface area contributed by atoms with Gasteiger partial charge in [-0.25, -0.2) is 0 Å². The van der Waals surface area contributed by atoms with Gasteiger partial charge < -0.3 is 11.1 Å². The van der Waals surface area contributed by atoms with Crippen molar-refractivity contribution < 1.29 is 4.79 Å². The van der Waals surface area contributed by atoms with E-state index in [2.05, 4.69) is 5.32 Å². The lowest BCUT2D eigenvalue weighted by molar-refractivity contribution is -0.122. The Kier molecular flexibility index (Phi) is 2.39. The molecule has 1 amide bonds. The summed E-state index contributed by atoms with van der Waals surface area (Å²) in [5, 5.41) is 2.85. The van der Waals surface area contributed by atoms with Gasteiger partial charge in [-0.05, 0) is 25.0 Å². The van der Waals surface area contributed by atoms with Crippen LogP contribution in [0.5, 0.6) is 0 Å². The fourth-order valence-corrected chi connectivity index (χ4v) is 1.52. The molecule has 3 N–H and O–H groups in total. The van der Waals surface area contributed by atoms with Crippen molar-refractivity contribution in [1.82, 2.24) is 0 Å². The maximum atomic E-state index is 11.6. The molecule has 0 aliphatic heterocycles. The summed E-state index contributed by atoms with van der Waals surface area (Å²) in [5.41, 5.74) is 7.07. The van der Waals surface area contributed by atoms with Crippen LogP contribution in [0.1, 0.15) is 19.3 Å². The smallest absolute Gasteiger partial charge is 0.227 e. The van der Waals surface area contributed by atoms with Gasteiger partial charge in [0.05, 0.1) is 11.4 Å². The van der Waals surface area contributed by atoms with Crippen LogP contribution >= 0.6 is 0 Å². The highest BCUT2D eigenvalue weighted by atomic mass is 16.1. The van der Waals surface area contributed by atoms with Gasteiger partial charge in [0.2, 0.25) is 5.91 Å². The zero-order valence-corrected chi connectivity index (χ0v) is 7.99. The van der Waals surface area contributed by atoms with E-state index >= 15 is 0 Å². The van der Waals surface area contributed by atoms with Crippen LogP contribution in [0.2, 0.25) is 0 Å². The molecule has 0 aromatic heterocycles. The number of anilines is 2. The summed E-state index contributed by atoms with van der Waals surface area (Å²) in [7, 11) is 0. The van der Waals surface area contributed by atoms with Gasteiger partial charge >= 0.3 is 0 Å². The first-order valence-electron chi connectivity index (χ1n) is 4.93. The van der Waals surface area contributed by atoms with Crippen molar-refractivity contribution in [3.63, 3.8) is 0 Å². The Morgan fingerprint density at radius 3 is 2.64 bits per heavy atom. The third-order valence-corrected chi connectivity index (χ3v) is 2.69. The lowest BCUT2D eigenvalue weighted by atomic mass is 9.85. The van der Waals surface area contributed by atoms with E-state index in [1.807, 2.05) is 18.2 Å². The minimum atomic E-state index is 0.106. The van der Waals surface area contributed by atoms with Crippen molar-refractivity contribution in [2.75, 3.05) is 11.1 Å². The molecule has 1 aliphatic rings. The highest BCUT2D eigenvalue weighted by Crippen LogP contribution is 2.28. The van der Waals surface area contributed by atoms with Crippen molar-refractivity contribution in [2.45, 2.75) is 19.3 Å². The van der Waals surface area contributed by atoms with Crippen LogP contribution in [-0.2, 0) is 4.79 Å². The van der Waals surface area contributed by atoms with E-state index in [0.29, 0.717) is 5.69 Å². The van der Waals surface area contributed by atoms with Crippen molar-refractivity contribution in [2.24, 2.45) is 5.92 Å². The number of hydrogen-bond acceptors (Lipinski definition) is 2. The largest absolute Gasteiger partial charge is 0.397 e. The molecule has 1 aliphatic carbocycles. The van der Waals surface area contributed by atoms with Crippen LogP contribution in [-0.4, -0.2) is 5.91 Å². The van der Waals surface area contributed by atoms with E-state index in [1.54, 1.807) is 6.07 Å². The SMILES string of the molecule is Nc1ccccc1NC(=O)C1CCC1. The summed E-state index contributed by atoms with van der Waals surface area (Å²) in [6, 6.07) is 7.34. The maximum absolute atomic E-state index is 11.6. The summed E-state index contributed by atoms with van der Waals surface area (Å²) in [5.74, 6) is 0.309. The van der Waals surface area contributed by atoms with Gasteiger partial charge in [0.15, 0.2) is 0 Å². The molecule has 14 heavy (non-hydrogen) atoms. The number of rotatable bonds is 2. The summed E-state index contributed by atoms with van der Waals surface area (Å²) in [6.45, 7) is 0. The van der Waals surface area contributed by atoms with Crippen molar-refractivity contribution >= 4 is 17.3 Å². The number of nitrogen functional groups attached to an aromatic ring is 1. The highest BCUT2D eigenvalue weighted by Gasteiger charge is 2.25. The second-order valence-corrected chi connectivity index (χ2v) is 3.70. The molecule has 0 atom stereocenters. The average molecular weight is 190 g/mol. The maximum Gasteiger partial charge on any atom is 0.227 e. The number of benzene rings is 1. The van der Waals surface area contributed by atoms with E-state index in [1.165, 1.54) is 6.42 Å². The fraction of sp³-hybridized carbons (Fsp3) is 0.364. The van der Waals surface area contributed by atoms with E-state index < -0.39 is 0 Å². The second kappa shape index (κ2) is 3.70. The number of hydrogen-bond donors (Lipinski definition) is 2. The van der Waals surface area contributed by atoms with Crippen molar-refractivity contribution in [3.8, 4) is 0 Å². The number of amides is 1. The first kappa shape index (κ1) is 9.06. The van der Waals surface area contributed by atoms with Gasteiger partial charge in [-0.3, -0.25) is 4.79 Å². The van der Waals surface area contributed by atoms with Gasteiger partial charge in [0.25, 0.3) is 0 Å². The monoisotopic (exact) mass is 190 g/mol. The quantitative estimate of drug-likeness (QED) is 0.701. The average Bonchev–Trinajstić information content (AvgIpc) is 2.05. The van der Waals surface area contributed by atoms with E-state index in [9.17, 15) is 4.79 Å². The number of carbonyl (C=O) groups is 1. The molecule has 1 fully saturated rings. The molecular weight excluding hydrogens is 176 g/mol. The molecule has 0 heterocycles. The molecule has 0 radical (unpaired) electrons. The van der Waals surface area contributed by atoms with Gasteiger partial charge in [-0.2, -0.15) is 0 Å². The van der Waals surface area contributed by atoms with Crippen molar-refractivity contribution in [1.29, 1.82) is 0 Å². The van der Waals surface area contributed by atoms with Crippen molar-refractivity contribution in [3.05, 3.63) is 24.3 Å². The van der Waals surface area contributed by atoms with Gasteiger partial charge in [0.1, 0.15) is 0 Å². The van der Waals surface area contributed by atoms with Crippen LogP contribution in [0.15, 0.2) is 24.3 Å². The molecule has 3 nitrogen and oxygen atoms in total. The van der Waals surface area contributed by atoms with E-state index in [0.717, 1.165) is 18.5 Å². The van der Waals surface area contributed by atoms with Gasteiger partial charge in [-0.15, -0.1) is 0 Å². The molecule has 1 saturated carbocycles. The summed E-state index contributed by atoms with van der Waals surface area (Å²) < 4.78 is 0. The van der Waals surface area contributed by atoms with Crippen LogP contribution in [0, 0.1) is 5.92 Å². The molecular formula is C11H14N2O. The molecule has 3 heteroatoms. The molecule has 1 aromatic carbocycles. The van der Waals surface area contributed by atoms with Crippen LogP contribution < -0.4 is 11.1 Å². The standard InChI is InChI=1S/C11H14N2O/c12-9-6-1-2-7-10(9)13-11(14)8-4-3-5-8/h1-2,6-8H,3-5,12H2,(H,13,14). The Morgan fingerprint density at radius 1 is 1.36 bits per heavy atom. The van der Waals surface area contributed by atoms with Gasteiger partial charge in [0, 0.05) is 5.92 Å². The second-order valence-electron chi connectivity index (χ2n) is 3.70. The fourth-order valence-electron chi connectivity index (χ4n) is 1.52.